The van der Waals surface area contributed by atoms with E-state index in [1.807, 2.05) is 91.0 Å². The molecule has 3 aromatic carbocycles. The predicted octanol–water partition coefficient (Wildman–Crippen LogP) is 7.37. The number of rotatable bonds is 15. The Morgan fingerprint density at radius 3 is 1.68 bits per heavy atom. The van der Waals surface area contributed by atoms with Crippen molar-refractivity contribution in [2.45, 2.75) is 89.4 Å². The Labute approximate surface area is 264 Å². The highest BCUT2D eigenvalue weighted by Crippen LogP contribution is 2.43. The van der Waals surface area contributed by atoms with Gasteiger partial charge in [0.15, 0.2) is 14.6 Å². The van der Waals surface area contributed by atoms with E-state index in [9.17, 15) is 4.89 Å². The highest BCUT2D eigenvalue weighted by molar-refractivity contribution is 7.40. The summed E-state index contributed by atoms with van der Waals surface area (Å²) in [5.41, 5.74) is 3.06. The lowest BCUT2D eigenvalue weighted by Crippen LogP contribution is -2.64. The molecule has 6 atom stereocenters. The SMILES string of the molecule is COP(O)O[C@H]1O[C@H](COCc2ccccc2)[C@@H](O[Si](C)(C)C(C)(C)C)[C@H](OCc2ccccc2)[C@H]1OCc1ccccc1. The van der Waals surface area contributed by atoms with Gasteiger partial charge in [0.1, 0.15) is 24.4 Å². The van der Waals surface area contributed by atoms with E-state index in [-0.39, 0.29) is 18.3 Å². The minimum absolute atomic E-state index is 0.0738. The molecular weight excluding hydrogens is 595 g/mol. The normalized spacial score (nSPS) is 23.4. The molecule has 1 aliphatic heterocycles. The quantitative estimate of drug-likeness (QED) is 0.136. The molecule has 10 heteroatoms. The minimum atomic E-state index is -2.35. The van der Waals surface area contributed by atoms with Gasteiger partial charge in [-0.2, -0.15) is 0 Å². The zero-order valence-corrected chi connectivity index (χ0v) is 28.5. The molecule has 44 heavy (non-hydrogen) atoms. The van der Waals surface area contributed by atoms with E-state index in [2.05, 4.69) is 33.9 Å². The van der Waals surface area contributed by atoms with E-state index in [1.54, 1.807) is 0 Å². The van der Waals surface area contributed by atoms with Crippen LogP contribution in [0.3, 0.4) is 0 Å². The lowest BCUT2D eigenvalue weighted by molar-refractivity contribution is -0.300. The van der Waals surface area contributed by atoms with Gasteiger partial charge in [-0.05, 0) is 34.8 Å². The molecule has 0 radical (unpaired) electrons. The van der Waals surface area contributed by atoms with E-state index in [1.165, 1.54) is 7.11 Å². The summed E-state index contributed by atoms with van der Waals surface area (Å²) in [5.74, 6) is 0. The Morgan fingerprint density at radius 1 is 0.727 bits per heavy atom. The number of hydrogen-bond donors (Lipinski definition) is 1. The second-order valence-corrected chi connectivity index (χ2v) is 18.2. The Hall–Kier alpha value is -2.01. The molecule has 0 saturated carbocycles. The van der Waals surface area contributed by atoms with E-state index >= 15 is 0 Å². The maximum Gasteiger partial charge on any atom is 0.332 e. The summed E-state index contributed by atoms with van der Waals surface area (Å²) < 4.78 is 44.2. The Kier molecular flexibility index (Phi) is 13.1. The molecule has 1 unspecified atom stereocenters. The van der Waals surface area contributed by atoms with Crippen molar-refractivity contribution in [3.63, 3.8) is 0 Å². The summed E-state index contributed by atoms with van der Waals surface area (Å²) in [7, 11) is -3.18. The van der Waals surface area contributed by atoms with Crippen molar-refractivity contribution in [1.29, 1.82) is 0 Å². The molecule has 1 saturated heterocycles. The van der Waals surface area contributed by atoms with Crippen LogP contribution in [0, 0.1) is 0 Å². The monoisotopic (exact) mass is 642 g/mol. The van der Waals surface area contributed by atoms with Crippen molar-refractivity contribution in [2.75, 3.05) is 13.7 Å². The number of ether oxygens (including phenoxy) is 4. The van der Waals surface area contributed by atoms with Crippen molar-refractivity contribution in [3.05, 3.63) is 108 Å². The van der Waals surface area contributed by atoms with Gasteiger partial charge in [-0.25, -0.2) is 0 Å². The van der Waals surface area contributed by atoms with E-state index in [0.29, 0.717) is 13.2 Å². The minimum Gasteiger partial charge on any atom is -0.408 e. The van der Waals surface area contributed by atoms with E-state index < -0.39 is 47.6 Å². The second-order valence-electron chi connectivity index (χ2n) is 12.4. The van der Waals surface area contributed by atoms with Crippen LogP contribution in [0.2, 0.25) is 18.1 Å². The zero-order chi connectivity index (χ0) is 31.6. The fourth-order valence-corrected chi connectivity index (χ4v) is 6.41. The third-order valence-corrected chi connectivity index (χ3v) is 13.3. The molecule has 8 nitrogen and oxygen atoms in total. The number of benzene rings is 3. The van der Waals surface area contributed by atoms with Crippen molar-refractivity contribution in [2.24, 2.45) is 0 Å². The second kappa shape index (κ2) is 16.5. The molecule has 240 valence electrons. The first-order valence-electron chi connectivity index (χ1n) is 15.0. The van der Waals surface area contributed by atoms with Crippen LogP contribution >= 0.6 is 8.60 Å². The molecule has 4 rings (SSSR count). The maximum atomic E-state index is 10.5. The highest BCUT2D eigenvalue weighted by atomic mass is 31.2. The van der Waals surface area contributed by atoms with Crippen LogP contribution in [0.4, 0.5) is 0 Å². The Balaban J connectivity index is 1.68. The van der Waals surface area contributed by atoms with Crippen molar-refractivity contribution < 1.29 is 37.3 Å². The molecule has 0 amide bonds. The van der Waals surface area contributed by atoms with Crippen LogP contribution in [0.5, 0.6) is 0 Å². The van der Waals surface area contributed by atoms with Gasteiger partial charge >= 0.3 is 8.60 Å². The van der Waals surface area contributed by atoms with Crippen molar-refractivity contribution >= 4 is 16.9 Å². The van der Waals surface area contributed by atoms with Crippen LogP contribution in [0.1, 0.15) is 37.5 Å². The lowest BCUT2D eigenvalue weighted by atomic mass is 9.98. The molecule has 0 spiro atoms. The Bertz CT molecular complexity index is 1230. The zero-order valence-electron chi connectivity index (χ0n) is 26.6. The van der Waals surface area contributed by atoms with Gasteiger partial charge in [-0.15, -0.1) is 0 Å². The summed E-state index contributed by atoms with van der Waals surface area (Å²) in [6.45, 7) is 12.3. The molecule has 1 fully saturated rings. The lowest BCUT2D eigenvalue weighted by Gasteiger charge is -2.49. The van der Waals surface area contributed by atoms with Crippen molar-refractivity contribution in [3.8, 4) is 0 Å². The van der Waals surface area contributed by atoms with E-state index in [0.717, 1.165) is 16.7 Å². The van der Waals surface area contributed by atoms with Gasteiger partial charge in [0.25, 0.3) is 0 Å². The summed E-state index contributed by atoms with van der Waals surface area (Å²) in [4.78, 5) is 10.5. The van der Waals surface area contributed by atoms with Gasteiger partial charge in [0, 0.05) is 7.11 Å². The highest BCUT2D eigenvalue weighted by Gasteiger charge is 2.53. The van der Waals surface area contributed by atoms with Gasteiger partial charge in [-0.1, -0.05) is 112 Å². The summed E-state index contributed by atoms with van der Waals surface area (Å²) in [5, 5.41) is -0.0738. The average molecular weight is 643 g/mol. The fraction of sp³-hybridized carbons (Fsp3) is 0.471. The predicted molar refractivity (Wildman–Crippen MR) is 174 cm³/mol. The molecule has 0 bridgehead atoms. The topological polar surface area (TPSA) is 84.8 Å². The molecule has 0 aliphatic carbocycles. The first-order chi connectivity index (χ1) is 21.1. The smallest absolute Gasteiger partial charge is 0.332 e. The fourth-order valence-electron chi connectivity index (χ4n) is 4.65. The molecule has 1 aliphatic rings. The third kappa shape index (κ3) is 9.99. The van der Waals surface area contributed by atoms with Gasteiger partial charge in [0.2, 0.25) is 0 Å². The van der Waals surface area contributed by atoms with Gasteiger partial charge in [0.05, 0.1) is 26.4 Å². The van der Waals surface area contributed by atoms with Gasteiger partial charge < -0.3 is 32.8 Å². The molecule has 1 heterocycles. The largest absolute Gasteiger partial charge is 0.408 e. The third-order valence-electron chi connectivity index (χ3n) is 8.14. The van der Waals surface area contributed by atoms with Gasteiger partial charge in [-0.3, -0.25) is 4.52 Å². The molecular formula is C34H47O8PSi. The number of hydrogen-bond acceptors (Lipinski definition) is 8. The van der Waals surface area contributed by atoms with Crippen LogP contribution in [-0.4, -0.2) is 57.6 Å². The molecule has 3 aromatic rings. The van der Waals surface area contributed by atoms with Crippen molar-refractivity contribution in [1.82, 2.24) is 0 Å². The van der Waals surface area contributed by atoms with Crippen LogP contribution in [0.25, 0.3) is 0 Å². The maximum absolute atomic E-state index is 10.5. The van der Waals surface area contributed by atoms with E-state index in [4.69, 9.17) is 32.4 Å². The standard InChI is InChI=1S/C34H47O8PSi/c1-34(2,3)44(5,6)42-30-29(25-37-22-26-16-10-7-11-17-26)40-33(41-43(35)36-4)32(39-24-28-20-14-9-15-21-28)31(30)38-23-27-18-12-8-13-19-27/h7-21,29-33,35H,22-25H2,1-6H3/t29-,30-,31+,32-,33-,43?/m1/s1. The summed E-state index contributed by atoms with van der Waals surface area (Å²) >= 11 is 0. The van der Waals surface area contributed by atoms with Crippen LogP contribution in [-0.2, 0) is 52.2 Å². The summed E-state index contributed by atoms with van der Waals surface area (Å²) in [6, 6.07) is 29.9. The first-order valence-corrected chi connectivity index (χ1v) is 19.1. The Morgan fingerprint density at radius 2 is 1.20 bits per heavy atom. The first kappa shape index (κ1) is 34.9. The average Bonchev–Trinajstić information content (AvgIpc) is 3.01. The summed E-state index contributed by atoms with van der Waals surface area (Å²) in [6.07, 6.45) is -3.47. The van der Waals surface area contributed by atoms with Crippen LogP contribution < -0.4 is 0 Å². The van der Waals surface area contributed by atoms with Crippen LogP contribution in [0.15, 0.2) is 91.0 Å². The molecule has 0 aromatic heterocycles. The molecule has 1 N–H and O–H groups in total.